The van der Waals surface area contributed by atoms with Gasteiger partial charge in [0.1, 0.15) is 11.9 Å². The van der Waals surface area contributed by atoms with Crippen molar-refractivity contribution < 1.29 is 4.74 Å². The predicted octanol–water partition coefficient (Wildman–Crippen LogP) is 3.61. The fraction of sp³-hybridized carbons (Fsp3) is 0.375. The molecule has 2 aromatic rings. The summed E-state index contributed by atoms with van der Waals surface area (Å²) < 4.78 is 6.01. The van der Waals surface area contributed by atoms with E-state index >= 15 is 0 Å². The van der Waals surface area contributed by atoms with Crippen LogP contribution >= 0.6 is 0 Å². The molecule has 2 heteroatoms. The molecule has 96 valence electrons. The standard InChI is InChI=1S/C16H21NO/c1-3-15(12-17-4-2)18-16-10-9-13-7-5-6-8-14(13)11-16/h5-11,15,17H,3-4,12H2,1-2H3. The average molecular weight is 243 g/mol. The van der Waals surface area contributed by atoms with Gasteiger partial charge in [0.25, 0.3) is 0 Å². The number of likely N-dealkylation sites (N-methyl/N-ethyl adjacent to an activating group) is 1. The molecular formula is C16H21NO. The molecule has 0 aromatic heterocycles. The van der Waals surface area contributed by atoms with Gasteiger partial charge in [0.2, 0.25) is 0 Å². The zero-order chi connectivity index (χ0) is 12.8. The van der Waals surface area contributed by atoms with Crippen LogP contribution in [-0.2, 0) is 0 Å². The van der Waals surface area contributed by atoms with E-state index in [1.807, 2.05) is 0 Å². The van der Waals surface area contributed by atoms with Crippen LogP contribution in [0.25, 0.3) is 10.8 Å². The molecular weight excluding hydrogens is 222 g/mol. The van der Waals surface area contributed by atoms with E-state index < -0.39 is 0 Å². The number of rotatable bonds is 6. The van der Waals surface area contributed by atoms with Gasteiger partial charge < -0.3 is 10.1 Å². The number of fused-ring (bicyclic) bond motifs is 1. The molecule has 0 aliphatic heterocycles. The molecule has 0 aliphatic rings. The summed E-state index contributed by atoms with van der Waals surface area (Å²) in [4.78, 5) is 0. The summed E-state index contributed by atoms with van der Waals surface area (Å²) in [6.45, 7) is 6.16. The topological polar surface area (TPSA) is 21.3 Å². The van der Waals surface area contributed by atoms with Crippen LogP contribution in [0.4, 0.5) is 0 Å². The van der Waals surface area contributed by atoms with Crippen LogP contribution in [0.1, 0.15) is 20.3 Å². The monoisotopic (exact) mass is 243 g/mol. The molecule has 2 aromatic carbocycles. The first kappa shape index (κ1) is 12.9. The summed E-state index contributed by atoms with van der Waals surface area (Å²) in [6.07, 6.45) is 1.26. The van der Waals surface area contributed by atoms with E-state index in [0.29, 0.717) is 0 Å². The van der Waals surface area contributed by atoms with Gasteiger partial charge >= 0.3 is 0 Å². The minimum Gasteiger partial charge on any atom is -0.489 e. The predicted molar refractivity (Wildman–Crippen MR) is 77.2 cm³/mol. The van der Waals surface area contributed by atoms with Crippen molar-refractivity contribution in [1.29, 1.82) is 0 Å². The lowest BCUT2D eigenvalue weighted by molar-refractivity contribution is 0.194. The van der Waals surface area contributed by atoms with Crippen molar-refractivity contribution in [3.63, 3.8) is 0 Å². The minimum atomic E-state index is 0.242. The molecule has 2 nitrogen and oxygen atoms in total. The smallest absolute Gasteiger partial charge is 0.120 e. The maximum absolute atomic E-state index is 6.01. The zero-order valence-corrected chi connectivity index (χ0v) is 11.1. The van der Waals surface area contributed by atoms with Crippen LogP contribution in [-0.4, -0.2) is 19.2 Å². The van der Waals surface area contributed by atoms with Crippen molar-refractivity contribution in [2.45, 2.75) is 26.4 Å². The zero-order valence-electron chi connectivity index (χ0n) is 11.1. The highest BCUT2D eigenvalue weighted by molar-refractivity contribution is 5.83. The second-order valence-electron chi connectivity index (χ2n) is 4.46. The molecule has 0 bridgehead atoms. The quantitative estimate of drug-likeness (QED) is 0.837. The van der Waals surface area contributed by atoms with E-state index in [9.17, 15) is 0 Å². The van der Waals surface area contributed by atoms with Crippen LogP contribution in [0.5, 0.6) is 5.75 Å². The Morgan fingerprint density at radius 2 is 1.83 bits per heavy atom. The van der Waals surface area contributed by atoms with Gasteiger partial charge in [-0.2, -0.15) is 0 Å². The highest BCUT2D eigenvalue weighted by Gasteiger charge is 2.07. The van der Waals surface area contributed by atoms with Gasteiger partial charge in [0, 0.05) is 6.54 Å². The van der Waals surface area contributed by atoms with Crippen molar-refractivity contribution in [1.82, 2.24) is 5.32 Å². The molecule has 0 heterocycles. The van der Waals surface area contributed by atoms with Gasteiger partial charge in [-0.15, -0.1) is 0 Å². The normalized spacial score (nSPS) is 12.6. The lowest BCUT2D eigenvalue weighted by atomic mass is 10.1. The maximum atomic E-state index is 6.01. The summed E-state index contributed by atoms with van der Waals surface area (Å²) in [7, 11) is 0. The third-order valence-corrected chi connectivity index (χ3v) is 3.10. The van der Waals surface area contributed by atoms with Crippen LogP contribution in [0.15, 0.2) is 42.5 Å². The largest absolute Gasteiger partial charge is 0.489 e. The first-order valence-electron chi connectivity index (χ1n) is 6.69. The Hall–Kier alpha value is -1.54. The summed E-state index contributed by atoms with van der Waals surface area (Å²) in [5, 5.41) is 5.82. The molecule has 0 spiro atoms. The lowest BCUT2D eigenvalue weighted by Crippen LogP contribution is -2.30. The van der Waals surface area contributed by atoms with Crippen molar-refractivity contribution in [3.05, 3.63) is 42.5 Å². The van der Waals surface area contributed by atoms with E-state index in [4.69, 9.17) is 4.74 Å². The van der Waals surface area contributed by atoms with Crippen molar-refractivity contribution in [2.24, 2.45) is 0 Å². The molecule has 2 rings (SSSR count). The Labute approximate surface area is 109 Å². The van der Waals surface area contributed by atoms with E-state index in [0.717, 1.165) is 25.3 Å². The van der Waals surface area contributed by atoms with Crippen LogP contribution < -0.4 is 10.1 Å². The molecule has 0 aliphatic carbocycles. The van der Waals surface area contributed by atoms with E-state index in [2.05, 4.69) is 61.6 Å². The fourth-order valence-corrected chi connectivity index (χ4v) is 2.01. The van der Waals surface area contributed by atoms with Gasteiger partial charge in [0.15, 0.2) is 0 Å². The summed E-state index contributed by atoms with van der Waals surface area (Å²) in [6, 6.07) is 14.6. The highest BCUT2D eigenvalue weighted by atomic mass is 16.5. The number of benzene rings is 2. The minimum absolute atomic E-state index is 0.242. The van der Waals surface area contributed by atoms with Crippen molar-refractivity contribution in [3.8, 4) is 5.75 Å². The van der Waals surface area contributed by atoms with Gasteiger partial charge in [-0.05, 0) is 35.9 Å². The molecule has 1 atom stereocenters. The van der Waals surface area contributed by atoms with Crippen molar-refractivity contribution >= 4 is 10.8 Å². The van der Waals surface area contributed by atoms with E-state index in [1.54, 1.807) is 0 Å². The third kappa shape index (κ3) is 3.23. The maximum Gasteiger partial charge on any atom is 0.120 e. The van der Waals surface area contributed by atoms with E-state index in [-0.39, 0.29) is 6.10 Å². The summed E-state index contributed by atoms with van der Waals surface area (Å²) in [5.41, 5.74) is 0. The van der Waals surface area contributed by atoms with Gasteiger partial charge in [-0.3, -0.25) is 0 Å². The van der Waals surface area contributed by atoms with Crippen LogP contribution in [0, 0.1) is 0 Å². The first-order chi connectivity index (χ1) is 8.83. The molecule has 1 N–H and O–H groups in total. The molecule has 18 heavy (non-hydrogen) atoms. The highest BCUT2D eigenvalue weighted by Crippen LogP contribution is 2.21. The molecule has 0 fully saturated rings. The van der Waals surface area contributed by atoms with Crippen molar-refractivity contribution in [2.75, 3.05) is 13.1 Å². The molecule has 1 unspecified atom stereocenters. The average Bonchev–Trinajstić information content (AvgIpc) is 2.43. The Morgan fingerprint density at radius 3 is 2.56 bits per heavy atom. The molecule has 0 saturated heterocycles. The Morgan fingerprint density at radius 1 is 1.06 bits per heavy atom. The number of ether oxygens (including phenoxy) is 1. The first-order valence-corrected chi connectivity index (χ1v) is 6.69. The van der Waals surface area contributed by atoms with Crippen LogP contribution in [0.3, 0.4) is 0 Å². The number of nitrogens with one attached hydrogen (secondary N) is 1. The Balaban J connectivity index is 2.10. The summed E-state index contributed by atoms with van der Waals surface area (Å²) in [5.74, 6) is 0.957. The molecule has 0 radical (unpaired) electrons. The number of hydrogen-bond acceptors (Lipinski definition) is 2. The Kier molecular flexibility index (Phi) is 4.59. The Bertz CT molecular complexity index is 495. The van der Waals surface area contributed by atoms with Gasteiger partial charge in [0.05, 0.1) is 0 Å². The van der Waals surface area contributed by atoms with Gasteiger partial charge in [-0.1, -0.05) is 44.2 Å². The van der Waals surface area contributed by atoms with Crippen LogP contribution in [0.2, 0.25) is 0 Å². The summed E-state index contributed by atoms with van der Waals surface area (Å²) >= 11 is 0. The third-order valence-electron chi connectivity index (χ3n) is 3.10. The SMILES string of the molecule is CCNCC(CC)Oc1ccc2ccccc2c1. The van der Waals surface area contributed by atoms with E-state index in [1.165, 1.54) is 10.8 Å². The lowest BCUT2D eigenvalue weighted by Gasteiger charge is -2.18. The molecule has 0 amide bonds. The van der Waals surface area contributed by atoms with Gasteiger partial charge in [-0.25, -0.2) is 0 Å². The second kappa shape index (κ2) is 6.41. The number of hydrogen-bond donors (Lipinski definition) is 1. The second-order valence-corrected chi connectivity index (χ2v) is 4.46. The fourth-order valence-electron chi connectivity index (χ4n) is 2.01. The molecule has 0 saturated carbocycles.